The van der Waals surface area contributed by atoms with Gasteiger partial charge in [-0.15, -0.1) is 0 Å². The van der Waals surface area contributed by atoms with Crippen LogP contribution in [0.2, 0.25) is 0 Å². The molecule has 0 saturated heterocycles. The van der Waals surface area contributed by atoms with Crippen molar-refractivity contribution >= 4 is 33.2 Å². The summed E-state index contributed by atoms with van der Waals surface area (Å²) in [5, 5.41) is 2.88. The Morgan fingerprint density at radius 1 is 0.947 bits per heavy atom. The molecule has 0 aromatic heterocycles. The molecule has 2 aromatic rings. The molecule has 19 heavy (non-hydrogen) atoms. The van der Waals surface area contributed by atoms with Gasteiger partial charge in [0.1, 0.15) is 0 Å². The Morgan fingerprint density at radius 3 is 2.26 bits per heavy atom. The van der Waals surface area contributed by atoms with Crippen molar-refractivity contribution in [2.24, 2.45) is 0 Å². The predicted molar refractivity (Wildman–Crippen MR) is 84.4 cm³/mol. The highest BCUT2D eigenvalue weighted by Crippen LogP contribution is 2.30. The molecule has 2 nitrogen and oxygen atoms in total. The first-order chi connectivity index (χ1) is 9.34. The molecule has 0 aliphatic rings. The van der Waals surface area contributed by atoms with Crippen LogP contribution in [0.15, 0.2) is 65.6 Å². The van der Waals surface area contributed by atoms with Crippen LogP contribution in [0.25, 0.3) is 0 Å². The lowest BCUT2D eigenvalue weighted by atomic mass is 10.3. The van der Waals surface area contributed by atoms with Gasteiger partial charge in [0.2, 0.25) is 5.91 Å². The number of hydrogen-bond acceptors (Lipinski definition) is 3. The van der Waals surface area contributed by atoms with Crippen LogP contribution in [0.1, 0.15) is 6.42 Å². The fourth-order valence-corrected chi connectivity index (χ4v) is 3.46. The summed E-state index contributed by atoms with van der Waals surface area (Å²) in [5.41, 5.74) is 0.855. The number of rotatable bonds is 6. The van der Waals surface area contributed by atoms with E-state index < -0.39 is 0 Å². The van der Waals surface area contributed by atoms with Gasteiger partial charge in [-0.05, 0) is 24.3 Å². The normalized spacial score (nSPS) is 10.1. The van der Waals surface area contributed by atoms with Crippen LogP contribution in [-0.4, -0.2) is 11.7 Å². The molecule has 0 spiro atoms. The van der Waals surface area contributed by atoms with E-state index in [0.717, 1.165) is 11.4 Å². The maximum absolute atomic E-state index is 11.7. The molecule has 0 unspecified atom stereocenters. The van der Waals surface area contributed by atoms with Gasteiger partial charge in [0, 0.05) is 22.8 Å². The van der Waals surface area contributed by atoms with Gasteiger partial charge >= 0.3 is 0 Å². The lowest BCUT2D eigenvalue weighted by Crippen LogP contribution is -2.11. The standard InChI is InChI=1S/C15H15NOS2/c17-15(16-13-7-3-1-4-8-13)11-12-18-19-14-9-5-2-6-10-14/h1-10H,11-12H2,(H,16,17). The predicted octanol–water partition coefficient (Wildman–Crippen LogP) is 4.46. The summed E-state index contributed by atoms with van der Waals surface area (Å²) in [5.74, 6) is 0.866. The van der Waals surface area contributed by atoms with Gasteiger partial charge in [-0.1, -0.05) is 58.0 Å². The summed E-state index contributed by atoms with van der Waals surface area (Å²) in [6.07, 6.45) is 0.527. The van der Waals surface area contributed by atoms with Crippen LogP contribution in [0, 0.1) is 0 Å². The van der Waals surface area contributed by atoms with Crippen molar-refractivity contribution in [3.05, 3.63) is 60.7 Å². The fraction of sp³-hybridized carbons (Fsp3) is 0.133. The number of para-hydroxylation sites is 1. The highest BCUT2D eigenvalue weighted by Gasteiger charge is 2.02. The van der Waals surface area contributed by atoms with Gasteiger partial charge in [-0.3, -0.25) is 4.79 Å². The second-order valence-corrected chi connectivity index (χ2v) is 6.37. The molecule has 0 saturated carbocycles. The Morgan fingerprint density at radius 2 is 1.58 bits per heavy atom. The fourth-order valence-electron chi connectivity index (χ4n) is 1.47. The first-order valence-electron chi connectivity index (χ1n) is 6.04. The zero-order valence-corrected chi connectivity index (χ0v) is 12.0. The van der Waals surface area contributed by atoms with Gasteiger partial charge in [0.25, 0.3) is 0 Å². The Labute approximate surface area is 121 Å². The van der Waals surface area contributed by atoms with Crippen molar-refractivity contribution in [3.63, 3.8) is 0 Å². The molecule has 2 aromatic carbocycles. The van der Waals surface area contributed by atoms with Crippen LogP contribution in [0.5, 0.6) is 0 Å². The molecule has 0 atom stereocenters. The van der Waals surface area contributed by atoms with E-state index >= 15 is 0 Å². The number of benzene rings is 2. The molecular formula is C15H15NOS2. The Hall–Kier alpha value is -1.39. The van der Waals surface area contributed by atoms with Crippen molar-refractivity contribution in [2.75, 3.05) is 11.1 Å². The Balaban J connectivity index is 1.65. The molecule has 1 amide bonds. The van der Waals surface area contributed by atoms with Gasteiger partial charge in [-0.25, -0.2) is 0 Å². The van der Waals surface area contributed by atoms with Gasteiger partial charge in [-0.2, -0.15) is 0 Å². The lowest BCUT2D eigenvalue weighted by Gasteiger charge is -2.04. The smallest absolute Gasteiger partial charge is 0.225 e. The quantitative estimate of drug-likeness (QED) is 0.629. The van der Waals surface area contributed by atoms with Crippen LogP contribution in [-0.2, 0) is 4.79 Å². The molecule has 2 rings (SSSR count). The molecule has 0 radical (unpaired) electrons. The monoisotopic (exact) mass is 289 g/mol. The van der Waals surface area contributed by atoms with Crippen molar-refractivity contribution < 1.29 is 4.79 Å². The zero-order chi connectivity index (χ0) is 13.3. The second-order valence-electron chi connectivity index (χ2n) is 3.88. The highest BCUT2D eigenvalue weighted by molar-refractivity contribution is 8.76. The average molecular weight is 289 g/mol. The molecule has 98 valence electrons. The SMILES string of the molecule is O=C(CCSSc1ccccc1)Nc1ccccc1. The number of hydrogen-bond donors (Lipinski definition) is 1. The summed E-state index contributed by atoms with van der Waals surface area (Å²) in [7, 11) is 3.41. The number of carbonyl (C=O) groups is 1. The van der Waals surface area contributed by atoms with Crippen LogP contribution < -0.4 is 5.32 Å². The minimum absolute atomic E-state index is 0.0624. The Bertz CT molecular complexity index is 502. The minimum Gasteiger partial charge on any atom is -0.326 e. The van der Waals surface area contributed by atoms with Crippen molar-refractivity contribution in [1.82, 2.24) is 0 Å². The third-order valence-electron chi connectivity index (χ3n) is 2.37. The lowest BCUT2D eigenvalue weighted by molar-refractivity contribution is -0.115. The molecular weight excluding hydrogens is 274 g/mol. The van der Waals surface area contributed by atoms with Crippen LogP contribution in [0.4, 0.5) is 5.69 Å². The van der Waals surface area contributed by atoms with Crippen molar-refractivity contribution in [3.8, 4) is 0 Å². The van der Waals surface area contributed by atoms with E-state index in [1.807, 2.05) is 48.5 Å². The molecule has 0 heterocycles. The number of nitrogens with one attached hydrogen (secondary N) is 1. The summed E-state index contributed by atoms with van der Waals surface area (Å²) in [6, 6.07) is 19.7. The largest absolute Gasteiger partial charge is 0.326 e. The zero-order valence-electron chi connectivity index (χ0n) is 10.4. The van der Waals surface area contributed by atoms with E-state index in [-0.39, 0.29) is 5.91 Å². The average Bonchev–Trinajstić information content (AvgIpc) is 2.46. The topological polar surface area (TPSA) is 29.1 Å². The third kappa shape index (κ3) is 5.41. The molecule has 0 aliphatic carbocycles. The summed E-state index contributed by atoms with van der Waals surface area (Å²) < 4.78 is 0. The van der Waals surface area contributed by atoms with E-state index in [9.17, 15) is 4.79 Å². The first-order valence-corrected chi connectivity index (χ1v) is 8.36. The van der Waals surface area contributed by atoms with Gasteiger partial charge in [0.15, 0.2) is 0 Å². The van der Waals surface area contributed by atoms with Gasteiger partial charge < -0.3 is 5.32 Å². The number of carbonyl (C=O) groups excluding carboxylic acids is 1. The summed E-state index contributed by atoms with van der Waals surface area (Å²) in [6.45, 7) is 0. The third-order valence-corrected chi connectivity index (χ3v) is 4.75. The molecule has 0 bridgehead atoms. The summed E-state index contributed by atoms with van der Waals surface area (Å²) >= 11 is 0. The van der Waals surface area contributed by atoms with Crippen LogP contribution >= 0.6 is 21.6 Å². The minimum atomic E-state index is 0.0624. The molecule has 1 N–H and O–H groups in total. The van der Waals surface area contributed by atoms with E-state index in [0.29, 0.717) is 6.42 Å². The van der Waals surface area contributed by atoms with Crippen molar-refractivity contribution in [2.45, 2.75) is 11.3 Å². The Kier molecular flexibility index (Phi) is 5.85. The van der Waals surface area contributed by atoms with E-state index in [1.54, 1.807) is 21.6 Å². The molecule has 0 aliphatic heterocycles. The molecule has 0 fully saturated rings. The maximum Gasteiger partial charge on any atom is 0.225 e. The van der Waals surface area contributed by atoms with Gasteiger partial charge in [0.05, 0.1) is 0 Å². The van der Waals surface area contributed by atoms with Crippen molar-refractivity contribution in [1.29, 1.82) is 0 Å². The van der Waals surface area contributed by atoms with E-state index in [1.165, 1.54) is 4.90 Å². The maximum atomic E-state index is 11.7. The van der Waals surface area contributed by atoms with E-state index in [2.05, 4.69) is 17.4 Å². The second kappa shape index (κ2) is 7.92. The highest BCUT2D eigenvalue weighted by atomic mass is 33.1. The van der Waals surface area contributed by atoms with Crippen LogP contribution in [0.3, 0.4) is 0 Å². The number of amides is 1. The summed E-state index contributed by atoms with van der Waals surface area (Å²) in [4.78, 5) is 12.9. The molecule has 4 heteroatoms. The van der Waals surface area contributed by atoms with E-state index in [4.69, 9.17) is 0 Å². The first kappa shape index (κ1) is 14.0. The number of anilines is 1.